The van der Waals surface area contributed by atoms with Crippen molar-refractivity contribution < 1.29 is 9.13 Å². The largest absolute Gasteiger partial charge is 0.374 e. The third-order valence-electron chi connectivity index (χ3n) is 4.01. The Balaban J connectivity index is 2.03. The van der Waals surface area contributed by atoms with Gasteiger partial charge in [-0.1, -0.05) is 30.7 Å². The maximum Gasteiger partial charge on any atom is 0.145 e. The van der Waals surface area contributed by atoms with Crippen LogP contribution in [0.4, 0.5) is 4.39 Å². The van der Waals surface area contributed by atoms with Crippen molar-refractivity contribution in [1.29, 1.82) is 0 Å². The fraction of sp³-hybridized carbons (Fsp3) is 0.625. The van der Waals surface area contributed by atoms with E-state index in [9.17, 15) is 4.39 Å². The second-order valence-electron chi connectivity index (χ2n) is 5.52. The Kier molecular flexibility index (Phi) is 6.42. The van der Waals surface area contributed by atoms with E-state index in [1.54, 1.807) is 18.2 Å². The first-order chi connectivity index (χ1) is 10.2. The van der Waals surface area contributed by atoms with Gasteiger partial charge in [-0.05, 0) is 38.1 Å². The number of morpholine rings is 1. The van der Waals surface area contributed by atoms with Crippen LogP contribution in [0.3, 0.4) is 0 Å². The van der Waals surface area contributed by atoms with Crippen LogP contribution in [0.15, 0.2) is 18.2 Å². The highest BCUT2D eigenvalue weighted by molar-refractivity contribution is 6.30. The number of hydrogen-bond donors (Lipinski definition) is 1. The third kappa shape index (κ3) is 4.39. The van der Waals surface area contributed by atoms with Gasteiger partial charge in [0.2, 0.25) is 0 Å². The summed E-state index contributed by atoms with van der Waals surface area (Å²) in [4.78, 5) is 2.41. The Labute approximate surface area is 131 Å². The lowest BCUT2D eigenvalue weighted by atomic mass is 9.99. The van der Waals surface area contributed by atoms with Gasteiger partial charge in [0.1, 0.15) is 5.82 Å². The van der Waals surface area contributed by atoms with Gasteiger partial charge in [0.05, 0.1) is 17.7 Å². The second kappa shape index (κ2) is 8.08. The van der Waals surface area contributed by atoms with E-state index in [0.717, 1.165) is 32.7 Å². The molecule has 1 saturated heterocycles. The van der Waals surface area contributed by atoms with E-state index in [-0.39, 0.29) is 23.0 Å². The van der Waals surface area contributed by atoms with Crippen LogP contribution in [0, 0.1) is 5.82 Å². The van der Waals surface area contributed by atoms with E-state index in [2.05, 4.69) is 17.1 Å². The predicted molar refractivity (Wildman–Crippen MR) is 84.4 cm³/mol. The van der Waals surface area contributed by atoms with E-state index in [4.69, 9.17) is 16.3 Å². The maximum absolute atomic E-state index is 14.1. The molecule has 1 aliphatic rings. The molecule has 1 fully saturated rings. The summed E-state index contributed by atoms with van der Waals surface area (Å²) in [7, 11) is 1.90. The van der Waals surface area contributed by atoms with Crippen molar-refractivity contribution in [3.8, 4) is 0 Å². The number of rotatable bonds is 6. The molecule has 0 amide bonds. The van der Waals surface area contributed by atoms with E-state index < -0.39 is 0 Å². The molecular weight excluding hydrogens is 291 g/mol. The van der Waals surface area contributed by atoms with Gasteiger partial charge in [0, 0.05) is 19.1 Å². The summed E-state index contributed by atoms with van der Waals surface area (Å²) in [5.41, 5.74) is 0.637. The topological polar surface area (TPSA) is 24.5 Å². The zero-order valence-corrected chi connectivity index (χ0v) is 13.5. The van der Waals surface area contributed by atoms with Gasteiger partial charge in [0.15, 0.2) is 0 Å². The Morgan fingerprint density at radius 2 is 2.33 bits per heavy atom. The van der Waals surface area contributed by atoms with Crippen molar-refractivity contribution >= 4 is 11.6 Å². The fourth-order valence-corrected chi connectivity index (χ4v) is 3.05. The minimum absolute atomic E-state index is 0.0775. The van der Waals surface area contributed by atoms with Crippen molar-refractivity contribution in [3.63, 3.8) is 0 Å². The summed E-state index contributed by atoms with van der Waals surface area (Å²) in [6, 6.07) is 5.24. The van der Waals surface area contributed by atoms with Crippen LogP contribution in [0.5, 0.6) is 0 Å². The maximum atomic E-state index is 14.1. The van der Waals surface area contributed by atoms with Crippen molar-refractivity contribution in [2.24, 2.45) is 0 Å². The average Bonchev–Trinajstić information content (AvgIpc) is 2.49. The van der Waals surface area contributed by atoms with Crippen LogP contribution >= 0.6 is 11.6 Å². The normalized spacial score (nSPS) is 21.4. The number of benzene rings is 1. The molecule has 0 aromatic heterocycles. The molecule has 21 heavy (non-hydrogen) atoms. The van der Waals surface area contributed by atoms with Crippen molar-refractivity contribution in [3.05, 3.63) is 34.6 Å². The summed E-state index contributed by atoms with van der Waals surface area (Å²) >= 11 is 5.86. The molecule has 1 aromatic rings. The highest BCUT2D eigenvalue weighted by Gasteiger charge is 2.27. The molecule has 5 heteroatoms. The molecule has 0 radical (unpaired) electrons. The number of ether oxygens (including phenoxy) is 1. The number of halogens is 2. The molecule has 1 aliphatic heterocycles. The smallest absolute Gasteiger partial charge is 0.145 e. The van der Waals surface area contributed by atoms with E-state index in [1.807, 2.05) is 7.05 Å². The molecule has 2 atom stereocenters. The Hall–Kier alpha value is -0.680. The highest BCUT2D eigenvalue weighted by Crippen LogP contribution is 2.21. The zero-order valence-electron chi connectivity index (χ0n) is 12.7. The quantitative estimate of drug-likeness (QED) is 0.874. The lowest BCUT2D eigenvalue weighted by molar-refractivity contribution is -0.0451. The molecular formula is C16H24ClFN2O. The SMILES string of the molecule is CCCN1CCOC(C(Cc2cccc(Cl)c2F)NC)C1. The van der Waals surface area contributed by atoms with Crippen molar-refractivity contribution in [2.75, 3.05) is 33.3 Å². The van der Waals surface area contributed by atoms with Gasteiger partial charge in [-0.3, -0.25) is 4.90 Å². The predicted octanol–water partition coefficient (Wildman–Crippen LogP) is 2.72. The second-order valence-corrected chi connectivity index (χ2v) is 5.93. The van der Waals surface area contributed by atoms with Crippen LogP contribution in [0.2, 0.25) is 5.02 Å². The standard InChI is InChI=1S/C16H24ClFN2O/c1-3-7-20-8-9-21-15(11-20)14(19-2)10-12-5-4-6-13(17)16(12)18/h4-6,14-15,19H,3,7-11H2,1-2H3. The molecule has 1 heterocycles. The van der Waals surface area contributed by atoms with Crippen LogP contribution in [0.1, 0.15) is 18.9 Å². The first-order valence-corrected chi connectivity index (χ1v) is 7.97. The summed E-state index contributed by atoms with van der Waals surface area (Å²) in [5, 5.41) is 3.45. The lowest BCUT2D eigenvalue weighted by Crippen LogP contribution is -2.52. The molecule has 2 unspecified atom stereocenters. The average molecular weight is 315 g/mol. The molecule has 1 aromatic carbocycles. The Morgan fingerprint density at radius 3 is 3.05 bits per heavy atom. The highest BCUT2D eigenvalue weighted by atomic mass is 35.5. The molecule has 1 N–H and O–H groups in total. The van der Waals surface area contributed by atoms with E-state index >= 15 is 0 Å². The Morgan fingerprint density at radius 1 is 1.52 bits per heavy atom. The number of nitrogens with zero attached hydrogens (tertiary/aromatic N) is 1. The van der Waals surface area contributed by atoms with Crippen LogP contribution < -0.4 is 5.32 Å². The minimum Gasteiger partial charge on any atom is -0.374 e. The molecule has 0 aliphatic carbocycles. The lowest BCUT2D eigenvalue weighted by Gasteiger charge is -2.37. The van der Waals surface area contributed by atoms with Gasteiger partial charge in [-0.15, -0.1) is 0 Å². The van der Waals surface area contributed by atoms with Crippen LogP contribution in [-0.4, -0.2) is 50.3 Å². The van der Waals surface area contributed by atoms with Crippen LogP contribution in [-0.2, 0) is 11.2 Å². The number of nitrogens with one attached hydrogen (secondary N) is 1. The summed E-state index contributed by atoms with van der Waals surface area (Å²) < 4.78 is 19.9. The van der Waals surface area contributed by atoms with Gasteiger partial charge < -0.3 is 10.1 Å². The summed E-state index contributed by atoms with van der Waals surface area (Å²) in [5.74, 6) is -0.319. The molecule has 0 bridgehead atoms. The van der Waals surface area contributed by atoms with E-state index in [1.165, 1.54) is 0 Å². The van der Waals surface area contributed by atoms with Gasteiger partial charge in [0.25, 0.3) is 0 Å². The first kappa shape index (κ1) is 16.7. The van der Waals surface area contributed by atoms with Crippen molar-refractivity contribution in [2.45, 2.75) is 31.9 Å². The number of hydrogen-bond acceptors (Lipinski definition) is 3. The van der Waals surface area contributed by atoms with Gasteiger partial charge in [-0.25, -0.2) is 4.39 Å². The van der Waals surface area contributed by atoms with Crippen molar-refractivity contribution in [1.82, 2.24) is 10.2 Å². The molecule has 2 rings (SSSR count). The third-order valence-corrected chi connectivity index (χ3v) is 4.30. The first-order valence-electron chi connectivity index (χ1n) is 7.59. The molecule has 0 spiro atoms. The molecule has 3 nitrogen and oxygen atoms in total. The monoisotopic (exact) mass is 314 g/mol. The number of likely N-dealkylation sites (N-methyl/N-ethyl adjacent to an activating group) is 1. The van der Waals surface area contributed by atoms with E-state index in [0.29, 0.717) is 12.0 Å². The fourth-order valence-electron chi connectivity index (χ4n) is 2.86. The zero-order chi connectivity index (χ0) is 15.2. The molecule has 0 saturated carbocycles. The Bertz CT molecular complexity index is 456. The van der Waals surface area contributed by atoms with Crippen LogP contribution in [0.25, 0.3) is 0 Å². The molecule has 118 valence electrons. The minimum atomic E-state index is -0.319. The van der Waals surface area contributed by atoms with Gasteiger partial charge in [-0.2, -0.15) is 0 Å². The summed E-state index contributed by atoms with van der Waals surface area (Å²) in [6.07, 6.45) is 1.79. The summed E-state index contributed by atoms with van der Waals surface area (Å²) in [6.45, 7) is 5.87. The van der Waals surface area contributed by atoms with Gasteiger partial charge >= 0.3 is 0 Å².